The average molecular weight is 458 g/mol. The zero-order valence-electron chi connectivity index (χ0n) is 20.0. The highest BCUT2D eigenvalue weighted by molar-refractivity contribution is 5.83. The number of rotatable bonds is 9. The number of hydrogen-bond donors (Lipinski definition) is 1. The standard InChI is InChI=1S/C27H31N5O2/c1-18-5-7-20(8-6-18)11-14-24-29-25(16-22-15-19(2)32(3)26(22)33)31-27(30-24)28-17-21-9-12-23(34-4)13-10-21/h5-10,12-13,22H,2,11,14-17H2,1,3-4H3,(H,28,29,30,31). The third-order valence-corrected chi connectivity index (χ3v) is 6.16. The van der Waals surface area contributed by atoms with Gasteiger partial charge in [-0.25, -0.2) is 4.98 Å². The molecular weight excluding hydrogens is 426 g/mol. The molecule has 0 bridgehead atoms. The number of allylic oxidation sites excluding steroid dienone is 1. The fourth-order valence-corrected chi connectivity index (χ4v) is 4.00. The van der Waals surface area contributed by atoms with Gasteiger partial charge in [0, 0.05) is 32.1 Å². The highest BCUT2D eigenvalue weighted by Crippen LogP contribution is 2.27. The van der Waals surface area contributed by atoms with Gasteiger partial charge in [0.05, 0.1) is 13.0 Å². The van der Waals surface area contributed by atoms with Crippen LogP contribution >= 0.6 is 0 Å². The van der Waals surface area contributed by atoms with Crippen LogP contribution in [-0.4, -0.2) is 39.9 Å². The maximum absolute atomic E-state index is 12.6. The molecule has 1 N–H and O–H groups in total. The normalized spacial score (nSPS) is 15.6. The minimum atomic E-state index is -0.181. The maximum Gasteiger partial charge on any atom is 0.230 e. The van der Waals surface area contributed by atoms with Crippen molar-refractivity contribution in [3.63, 3.8) is 0 Å². The Morgan fingerprint density at radius 1 is 1.00 bits per heavy atom. The molecule has 34 heavy (non-hydrogen) atoms. The van der Waals surface area contributed by atoms with Gasteiger partial charge in [0.15, 0.2) is 0 Å². The van der Waals surface area contributed by atoms with Gasteiger partial charge in [-0.3, -0.25) is 4.79 Å². The van der Waals surface area contributed by atoms with E-state index in [0.717, 1.165) is 29.3 Å². The first kappa shape index (κ1) is 23.4. The van der Waals surface area contributed by atoms with Gasteiger partial charge in [-0.1, -0.05) is 48.5 Å². The molecular formula is C27H31N5O2. The van der Waals surface area contributed by atoms with Crippen LogP contribution in [0.1, 0.15) is 34.8 Å². The van der Waals surface area contributed by atoms with Crippen molar-refractivity contribution in [1.29, 1.82) is 0 Å². The van der Waals surface area contributed by atoms with Crippen LogP contribution in [0, 0.1) is 12.8 Å². The van der Waals surface area contributed by atoms with E-state index in [0.29, 0.717) is 37.6 Å². The number of carbonyl (C=O) groups is 1. The molecule has 0 spiro atoms. The van der Waals surface area contributed by atoms with E-state index in [1.807, 2.05) is 24.3 Å². The lowest BCUT2D eigenvalue weighted by atomic mass is 10.0. The Labute approximate surface area is 200 Å². The van der Waals surface area contributed by atoms with Crippen LogP contribution in [0.2, 0.25) is 0 Å². The van der Waals surface area contributed by atoms with E-state index in [1.54, 1.807) is 19.1 Å². The number of nitrogens with zero attached hydrogens (tertiary/aromatic N) is 4. The zero-order valence-corrected chi connectivity index (χ0v) is 20.0. The summed E-state index contributed by atoms with van der Waals surface area (Å²) in [6, 6.07) is 16.4. The second kappa shape index (κ2) is 10.5. The molecule has 1 unspecified atom stereocenters. The largest absolute Gasteiger partial charge is 0.497 e. The Morgan fingerprint density at radius 2 is 1.68 bits per heavy atom. The summed E-state index contributed by atoms with van der Waals surface area (Å²) in [6.07, 6.45) is 2.64. The van der Waals surface area contributed by atoms with Crippen molar-refractivity contribution in [2.45, 2.75) is 39.2 Å². The second-order valence-corrected chi connectivity index (χ2v) is 8.75. The van der Waals surface area contributed by atoms with Crippen LogP contribution < -0.4 is 10.1 Å². The first-order chi connectivity index (χ1) is 16.4. The van der Waals surface area contributed by atoms with Crippen LogP contribution in [0.3, 0.4) is 0 Å². The smallest absolute Gasteiger partial charge is 0.230 e. The Morgan fingerprint density at radius 3 is 2.32 bits per heavy atom. The van der Waals surface area contributed by atoms with E-state index in [1.165, 1.54) is 11.1 Å². The van der Waals surface area contributed by atoms with Crippen LogP contribution in [0.4, 0.5) is 5.95 Å². The molecule has 2 aromatic carbocycles. The number of hydrogen-bond acceptors (Lipinski definition) is 6. The summed E-state index contributed by atoms with van der Waals surface area (Å²) in [4.78, 5) is 28.2. The van der Waals surface area contributed by atoms with Crippen molar-refractivity contribution in [2.75, 3.05) is 19.5 Å². The SMILES string of the molecule is C=C1CC(Cc2nc(CCc3ccc(C)cc3)nc(NCc3ccc(OC)cc3)n2)C(=O)N1C. The predicted molar refractivity (Wildman–Crippen MR) is 132 cm³/mol. The number of ether oxygens (including phenoxy) is 1. The number of anilines is 1. The molecule has 1 aliphatic rings. The number of aromatic nitrogens is 3. The molecule has 2 heterocycles. The van der Waals surface area contributed by atoms with Crippen molar-refractivity contribution in [3.8, 4) is 5.75 Å². The molecule has 1 atom stereocenters. The molecule has 1 amide bonds. The van der Waals surface area contributed by atoms with Crippen molar-refractivity contribution >= 4 is 11.9 Å². The van der Waals surface area contributed by atoms with Crippen LogP contribution in [-0.2, 0) is 30.6 Å². The van der Waals surface area contributed by atoms with Crippen molar-refractivity contribution in [3.05, 3.63) is 89.1 Å². The van der Waals surface area contributed by atoms with Gasteiger partial charge in [0.2, 0.25) is 11.9 Å². The van der Waals surface area contributed by atoms with E-state index in [-0.39, 0.29) is 11.8 Å². The van der Waals surface area contributed by atoms with Crippen molar-refractivity contribution in [1.82, 2.24) is 19.9 Å². The van der Waals surface area contributed by atoms with Crippen molar-refractivity contribution < 1.29 is 9.53 Å². The molecule has 1 saturated heterocycles. The van der Waals surface area contributed by atoms with Gasteiger partial charge >= 0.3 is 0 Å². The van der Waals surface area contributed by atoms with Crippen LogP contribution in [0.15, 0.2) is 60.8 Å². The number of benzene rings is 2. The Balaban J connectivity index is 1.51. The lowest BCUT2D eigenvalue weighted by molar-refractivity contribution is -0.129. The van der Waals surface area contributed by atoms with E-state index in [2.05, 4.69) is 53.1 Å². The fraction of sp³-hybridized carbons (Fsp3) is 0.333. The van der Waals surface area contributed by atoms with Gasteiger partial charge in [-0.15, -0.1) is 0 Å². The first-order valence-electron chi connectivity index (χ1n) is 11.5. The topological polar surface area (TPSA) is 80.2 Å². The summed E-state index contributed by atoms with van der Waals surface area (Å²) in [5.41, 5.74) is 4.41. The minimum absolute atomic E-state index is 0.0689. The number of nitrogens with one attached hydrogen (secondary N) is 1. The molecule has 0 radical (unpaired) electrons. The zero-order chi connectivity index (χ0) is 24.1. The molecule has 7 nitrogen and oxygen atoms in total. The van der Waals surface area contributed by atoms with E-state index in [9.17, 15) is 4.79 Å². The number of likely N-dealkylation sites (tertiary alicyclic amines) is 1. The van der Waals surface area contributed by atoms with E-state index < -0.39 is 0 Å². The first-order valence-corrected chi connectivity index (χ1v) is 11.5. The summed E-state index contributed by atoms with van der Waals surface area (Å²) in [6.45, 7) is 6.65. The Hall–Kier alpha value is -3.74. The Kier molecular flexibility index (Phi) is 7.21. The number of amides is 1. The number of aryl methyl sites for hydroxylation is 3. The molecule has 176 valence electrons. The van der Waals surface area contributed by atoms with Gasteiger partial charge in [0.1, 0.15) is 17.4 Å². The minimum Gasteiger partial charge on any atom is -0.497 e. The third-order valence-electron chi connectivity index (χ3n) is 6.16. The molecule has 0 saturated carbocycles. The average Bonchev–Trinajstić information content (AvgIpc) is 3.09. The summed E-state index contributed by atoms with van der Waals surface area (Å²) in [7, 11) is 3.42. The molecule has 3 aromatic rings. The summed E-state index contributed by atoms with van der Waals surface area (Å²) < 4.78 is 5.23. The quantitative estimate of drug-likeness (QED) is 0.521. The van der Waals surface area contributed by atoms with Crippen molar-refractivity contribution in [2.24, 2.45) is 5.92 Å². The number of methoxy groups -OCH3 is 1. The number of carbonyl (C=O) groups excluding carboxylic acids is 1. The van der Waals surface area contributed by atoms with Crippen LogP contribution in [0.5, 0.6) is 5.75 Å². The van der Waals surface area contributed by atoms with Gasteiger partial charge < -0.3 is 15.0 Å². The maximum atomic E-state index is 12.6. The van der Waals surface area contributed by atoms with Gasteiger partial charge in [-0.2, -0.15) is 9.97 Å². The molecule has 0 aliphatic carbocycles. The third kappa shape index (κ3) is 5.78. The lowest BCUT2D eigenvalue weighted by Gasteiger charge is -2.12. The molecule has 1 aromatic heterocycles. The summed E-state index contributed by atoms with van der Waals surface area (Å²) >= 11 is 0. The molecule has 1 aliphatic heterocycles. The Bertz CT molecular complexity index is 1160. The van der Waals surface area contributed by atoms with E-state index >= 15 is 0 Å². The second-order valence-electron chi connectivity index (χ2n) is 8.75. The van der Waals surface area contributed by atoms with Crippen LogP contribution in [0.25, 0.3) is 0 Å². The summed E-state index contributed by atoms with van der Waals surface area (Å²) in [5, 5.41) is 3.32. The van der Waals surface area contributed by atoms with Gasteiger partial charge in [-0.05, 0) is 43.0 Å². The lowest BCUT2D eigenvalue weighted by Crippen LogP contribution is -2.23. The highest BCUT2D eigenvalue weighted by Gasteiger charge is 2.33. The fourth-order valence-electron chi connectivity index (χ4n) is 4.00. The monoisotopic (exact) mass is 457 g/mol. The molecule has 4 rings (SSSR count). The highest BCUT2D eigenvalue weighted by atomic mass is 16.5. The van der Waals surface area contributed by atoms with Gasteiger partial charge in [0.25, 0.3) is 0 Å². The predicted octanol–water partition coefficient (Wildman–Crippen LogP) is 4.12. The molecule has 1 fully saturated rings. The summed E-state index contributed by atoms with van der Waals surface area (Å²) in [5.74, 6) is 2.58. The van der Waals surface area contributed by atoms with E-state index in [4.69, 9.17) is 9.72 Å². The molecule has 7 heteroatoms.